The number of alkyl halides is 1. The van der Waals surface area contributed by atoms with Crippen LogP contribution in [0.4, 0.5) is 0 Å². The van der Waals surface area contributed by atoms with Crippen molar-refractivity contribution in [1.82, 2.24) is 4.31 Å². The fraction of sp³-hybridized carbons (Fsp3) is 0.600. The number of rotatable bonds is 7. The van der Waals surface area contributed by atoms with Gasteiger partial charge in [-0.3, -0.25) is 0 Å². The van der Waals surface area contributed by atoms with E-state index in [4.69, 9.17) is 16.3 Å². The Balaban J connectivity index is 3.00. The minimum absolute atomic E-state index is 0.216. The average Bonchev–Trinajstić information content (AvgIpc) is 2.78. The Morgan fingerprint density at radius 3 is 2.76 bits per heavy atom. The summed E-state index contributed by atoms with van der Waals surface area (Å²) in [4.78, 5) is 0.998. The number of halogens is 1. The zero-order valence-electron chi connectivity index (χ0n) is 9.85. The van der Waals surface area contributed by atoms with Gasteiger partial charge < -0.3 is 4.74 Å². The standard InChI is InChI=1S/C10H16ClNO3S2/c1-3-12(5-6-15-2)17(13,14)10-4-7-16-9(10)8-11/h4,7H,3,5-6,8H2,1-2H3. The molecule has 0 aliphatic carbocycles. The molecule has 17 heavy (non-hydrogen) atoms. The Hall–Kier alpha value is -0.140. The van der Waals surface area contributed by atoms with Gasteiger partial charge in [-0.15, -0.1) is 22.9 Å². The molecule has 0 N–H and O–H groups in total. The molecule has 0 radical (unpaired) electrons. The van der Waals surface area contributed by atoms with Crippen LogP contribution in [-0.2, 0) is 20.6 Å². The predicted molar refractivity (Wildman–Crippen MR) is 70.2 cm³/mol. The molecule has 7 heteroatoms. The maximum atomic E-state index is 12.3. The van der Waals surface area contributed by atoms with Gasteiger partial charge in [0.15, 0.2) is 0 Å². The molecule has 98 valence electrons. The van der Waals surface area contributed by atoms with Crippen LogP contribution in [0.3, 0.4) is 0 Å². The summed E-state index contributed by atoms with van der Waals surface area (Å²) >= 11 is 7.09. The average molecular weight is 298 g/mol. The van der Waals surface area contributed by atoms with Gasteiger partial charge in [0.25, 0.3) is 0 Å². The van der Waals surface area contributed by atoms with E-state index in [0.29, 0.717) is 29.5 Å². The first kappa shape index (κ1) is 14.9. The van der Waals surface area contributed by atoms with E-state index >= 15 is 0 Å². The molecule has 0 fully saturated rings. The van der Waals surface area contributed by atoms with Crippen molar-refractivity contribution < 1.29 is 13.2 Å². The van der Waals surface area contributed by atoms with Crippen LogP contribution in [0.25, 0.3) is 0 Å². The minimum atomic E-state index is -3.44. The van der Waals surface area contributed by atoms with Crippen LogP contribution >= 0.6 is 22.9 Å². The van der Waals surface area contributed by atoms with Crippen LogP contribution in [0, 0.1) is 0 Å². The van der Waals surface area contributed by atoms with Crippen LogP contribution in [-0.4, -0.2) is 39.5 Å². The first-order valence-corrected chi connectivity index (χ1v) is 8.04. The number of likely N-dealkylation sites (N-methyl/N-ethyl adjacent to an activating group) is 1. The molecule has 0 aliphatic rings. The highest BCUT2D eigenvalue weighted by molar-refractivity contribution is 7.89. The number of sulfonamides is 1. The topological polar surface area (TPSA) is 46.6 Å². The summed E-state index contributed by atoms with van der Waals surface area (Å²) in [6.45, 7) is 2.96. The smallest absolute Gasteiger partial charge is 0.244 e. The molecule has 0 atom stereocenters. The van der Waals surface area contributed by atoms with Crippen molar-refractivity contribution in [2.45, 2.75) is 17.7 Å². The molecule has 1 aromatic heterocycles. The molecule has 0 amide bonds. The predicted octanol–water partition coefficient (Wildman–Crippen LogP) is 2.14. The van der Waals surface area contributed by atoms with Crippen LogP contribution < -0.4 is 0 Å². The van der Waals surface area contributed by atoms with Crippen molar-refractivity contribution in [1.29, 1.82) is 0 Å². The molecule has 0 saturated heterocycles. The summed E-state index contributed by atoms with van der Waals surface area (Å²) in [6, 6.07) is 1.60. The number of methoxy groups -OCH3 is 1. The molecule has 1 aromatic rings. The summed E-state index contributed by atoms with van der Waals surface area (Å²) in [6.07, 6.45) is 0. The highest BCUT2D eigenvalue weighted by Crippen LogP contribution is 2.26. The van der Waals surface area contributed by atoms with Gasteiger partial charge in [0.1, 0.15) is 0 Å². The number of nitrogens with zero attached hydrogens (tertiary/aromatic N) is 1. The van der Waals surface area contributed by atoms with Crippen LogP contribution in [0.2, 0.25) is 0 Å². The van der Waals surface area contributed by atoms with E-state index in [2.05, 4.69) is 0 Å². The second-order valence-corrected chi connectivity index (χ2v) is 6.51. The molecule has 1 rings (SSSR count). The van der Waals surface area contributed by atoms with E-state index < -0.39 is 10.0 Å². The lowest BCUT2D eigenvalue weighted by atomic mass is 10.5. The Bertz CT molecular complexity index is 444. The number of thiophene rings is 1. The lowest BCUT2D eigenvalue weighted by Crippen LogP contribution is -2.33. The fourth-order valence-corrected chi connectivity index (χ4v) is 4.54. The van der Waals surface area contributed by atoms with Crippen molar-refractivity contribution in [2.24, 2.45) is 0 Å². The van der Waals surface area contributed by atoms with Crippen molar-refractivity contribution in [3.8, 4) is 0 Å². The number of hydrogen-bond donors (Lipinski definition) is 0. The summed E-state index contributed by atoms with van der Waals surface area (Å²) in [5.74, 6) is 0.216. The van der Waals surface area contributed by atoms with Gasteiger partial charge in [0, 0.05) is 25.1 Å². The van der Waals surface area contributed by atoms with E-state index in [9.17, 15) is 8.42 Å². The van der Waals surface area contributed by atoms with E-state index in [0.717, 1.165) is 0 Å². The third kappa shape index (κ3) is 3.42. The Morgan fingerprint density at radius 1 is 1.53 bits per heavy atom. The van der Waals surface area contributed by atoms with Gasteiger partial charge >= 0.3 is 0 Å². The molecule has 4 nitrogen and oxygen atoms in total. The number of hydrogen-bond acceptors (Lipinski definition) is 4. The minimum Gasteiger partial charge on any atom is -0.383 e. The molecule has 1 heterocycles. The second-order valence-electron chi connectivity index (χ2n) is 3.33. The van der Waals surface area contributed by atoms with Crippen LogP contribution in [0.5, 0.6) is 0 Å². The molecule has 0 aromatic carbocycles. The maximum absolute atomic E-state index is 12.3. The summed E-state index contributed by atoms with van der Waals surface area (Å²) in [5.41, 5.74) is 0. The number of ether oxygens (including phenoxy) is 1. The molecule has 0 spiro atoms. The van der Waals surface area contributed by atoms with E-state index in [1.165, 1.54) is 15.6 Å². The highest BCUT2D eigenvalue weighted by atomic mass is 35.5. The van der Waals surface area contributed by atoms with Gasteiger partial charge in [-0.05, 0) is 11.4 Å². The Morgan fingerprint density at radius 2 is 2.24 bits per heavy atom. The lowest BCUT2D eigenvalue weighted by Gasteiger charge is -2.19. The summed E-state index contributed by atoms with van der Waals surface area (Å²) in [7, 11) is -1.89. The Kier molecular flexibility index (Phi) is 5.88. The van der Waals surface area contributed by atoms with Gasteiger partial charge in [-0.1, -0.05) is 6.92 Å². The zero-order chi connectivity index (χ0) is 12.9. The third-order valence-corrected chi connectivity index (χ3v) is 5.88. The maximum Gasteiger partial charge on any atom is 0.244 e. The van der Waals surface area contributed by atoms with Gasteiger partial charge in [0.05, 0.1) is 17.4 Å². The van der Waals surface area contributed by atoms with Crippen LogP contribution in [0.15, 0.2) is 16.3 Å². The summed E-state index contributed by atoms with van der Waals surface area (Å²) < 4.78 is 31.0. The van der Waals surface area contributed by atoms with E-state index in [1.54, 1.807) is 25.5 Å². The second kappa shape index (κ2) is 6.70. The van der Waals surface area contributed by atoms with Crippen molar-refractivity contribution in [3.63, 3.8) is 0 Å². The van der Waals surface area contributed by atoms with E-state index in [1.807, 2.05) is 0 Å². The lowest BCUT2D eigenvalue weighted by molar-refractivity contribution is 0.180. The normalized spacial score (nSPS) is 12.2. The zero-order valence-corrected chi connectivity index (χ0v) is 12.2. The molecule has 0 aliphatic heterocycles. The largest absolute Gasteiger partial charge is 0.383 e. The Labute approximate surface area is 111 Å². The fourth-order valence-electron chi connectivity index (χ4n) is 1.44. The SMILES string of the molecule is CCN(CCOC)S(=O)(=O)c1ccsc1CCl. The molecule has 0 saturated carbocycles. The van der Waals surface area contributed by atoms with Gasteiger partial charge in [0.2, 0.25) is 10.0 Å². The molecule has 0 unspecified atom stereocenters. The van der Waals surface area contributed by atoms with Crippen molar-refractivity contribution in [2.75, 3.05) is 26.8 Å². The van der Waals surface area contributed by atoms with Crippen molar-refractivity contribution in [3.05, 3.63) is 16.3 Å². The quantitative estimate of drug-likeness (QED) is 0.725. The third-order valence-electron chi connectivity index (χ3n) is 2.34. The molecule has 0 bridgehead atoms. The van der Waals surface area contributed by atoms with Crippen LogP contribution in [0.1, 0.15) is 11.8 Å². The highest BCUT2D eigenvalue weighted by Gasteiger charge is 2.25. The molecular weight excluding hydrogens is 282 g/mol. The van der Waals surface area contributed by atoms with Crippen molar-refractivity contribution >= 4 is 33.0 Å². The summed E-state index contributed by atoms with van der Waals surface area (Å²) in [5, 5.41) is 1.74. The first-order chi connectivity index (χ1) is 8.07. The van der Waals surface area contributed by atoms with Gasteiger partial charge in [-0.2, -0.15) is 4.31 Å². The van der Waals surface area contributed by atoms with E-state index in [-0.39, 0.29) is 5.88 Å². The van der Waals surface area contributed by atoms with Gasteiger partial charge in [-0.25, -0.2) is 8.42 Å². The first-order valence-electron chi connectivity index (χ1n) is 5.19. The molecular formula is C10H16ClNO3S2. The monoisotopic (exact) mass is 297 g/mol.